The van der Waals surface area contributed by atoms with Crippen molar-refractivity contribution in [3.8, 4) is 6.19 Å². The largest absolute Gasteiger partial charge is 0.416 e. The Morgan fingerprint density at radius 3 is 2.57 bits per heavy atom. The Morgan fingerprint density at radius 2 is 2.14 bits per heavy atom. The zero-order valence-corrected chi connectivity index (χ0v) is 11.7. The monoisotopic (exact) mass is 318 g/mol. The van der Waals surface area contributed by atoms with Crippen molar-refractivity contribution in [1.82, 2.24) is 5.32 Å². The summed E-state index contributed by atoms with van der Waals surface area (Å²) in [4.78, 5) is 13.8. The third kappa shape index (κ3) is 4.09. The number of nitriles is 1. The number of nitrogens with one attached hydrogen (secondary N) is 1. The van der Waals surface area contributed by atoms with Crippen LogP contribution in [-0.4, -0.2) is 16.3 Å². The Kier molecular flexibility index (Phi) is 5.15. The zero-order valence-electron chi connectivity index (χ0n) is 10.9. The number of nitro groups is 1. The highest BCUT2D eigenvalue weighted by Crippen LogP contribution is 2.38. The second-order valence-corrected chi connectivity index (χ2v) is 4.56. The number of nitro benzene ring substituents is 1. The fourth-order valence-electron chi connectivity index (χ4n) is 1.50. The highest BCUT2D eigenvalue weighted by Gasteiger charge is 2.35. The highest BCUT2D eigenvalue weighted by atomic mass is 32.2. The molecule has 0 saturated carbocycles. The number of hydrogen-bond acceptors (Lipinski definition) is 5. The van der Waals surface area contributed by atoms with Crippen LogP contribution in [0.25, 0.3) is 0 Å². The lowest BCUT2D eigenvalue weighted by atomic mass is 10.1. The minimum atomic E-state index is -4.69. The summed E-state index contributed by atoms with van der Waals surface area (Å²) in [6, 6.07) is 1.41. The van der Waals surface area contributed by atoms with Gasteiger partial charge in [0.1, 0.15) is 5.69 Å². The van der Waals surface area contributed by atoms with Gasteiger partial charge in [-0.15, -0.1) is 0 Å². The first kappa shape index (κ1) is 16.8. The van der Waals surface area contributed by atoms with Gasteiger partial charge in [-0.1, -0.05) is 11.8 Å². The lowest BCUT2D eigenvalue weighted by Gasteiger charge is -2.11. The van der Waals surface area contributed by atoms with Crippen LogP contribution in [0.4, 0.5) is 24.5 Å². The van der Waals surface area contributed by atoms with Crippen LogP contribution in [0, 0.1) is 28.5 Å². The number of hydrogen-bond donors (Lipinski definition) is 1. The second kappa shape index (κ2) is 6.45. The van der Waals surface area contributed by atoms with Crippen molar-refractivity contribution in [3.63, 3.8) is 0 Å². The van der Waals surface area contributed by atoms with Crippen LogP contribution in [0.15, 0.2) is 17.1 Å². The molecule has 21 heavy (non-hydrogen) atoms. The van der Waals surface area contributed by atoms with Crippen molar-refractivity contribution in [2.24, 2.45) is 4.99 Å². The Balaban J connectivity index is 3.51. The van der Waals surface area contributed by atoms with Gasteiger partial charge in [0.25, 0.3) is 5.69 Å². The Labute approximate surface area is 121 Å². The molecule has 0 aliphatic rings. The van der Waals surface area contributed by atoms with Gasteiger partial charge in [-0.3, -0.25) is 15.4 Å². The average Bonchev–Trinajstić information content (AvgIpc) is 2.36. The van der Waals surface area contributed by atoms with Crippen LogP contribution in [-0.2, 0) is 6.18 Å². The molecule has 0 atom stereocenters. The number of aryl methyl sites for hydroxylation is 1. The van der Waals surface area contributed by atoms with Crippen LogP contribution in [0.5, 0.6) is 0 Å². The molecule has 0 aliphatic heterocycles. The number of amidine groups is 1. The molecule has 0 aromatic heterocycles. The van der Waals surface area contributed by atoms with E-state index >= 15 is 0 Å². The topological polar surface area (TPSA) is 91.3 Å². The van der Waals surface area contributed by atoms with E-state index in [1.807, 2.05) is 0 Å². The molecule has 0 radical (unpaired) electrons. The average molecular weight is 318 g/mol. The fraction of sp³-hybridized carbons (Fsp3) is 0.273. The first-order chi connectivity index (χ1) is 9.70. The van der Waals surface area contributed by atoms with Crippen LogP contribution < -0.4 is 5.32 Å². The summed E-state index contributed by atoms with van der Waals surface area (Å²) < 4.78 is 38.3. The minimum absolute atomic E-state index is 0.0414. The maximum Gasteiger partial charge on any atom is 0.416 e. The molecule has 0 unspecified atom stereocenters. The molecule has 1 N–H and O–H groups in total. The highest BCUT2D eigenvalue weighted by molar-refractivity contribution is 8.13. The van der Waals surface area contributed by atoms with E-state index in [0.29, 0.717) is 6.07 Å². The standard InChI is InChI=1S/C11H9F3N4O2S/c1-6-3-8(17-10(21-2)16-5-15)9(18(19)20)4-7(6)11(12,13)14/h3-4H,1-2H3,(H,16,17). The second-order valence-electron chi connectivity index (χ2n) is 3.77. The summed E-state index contributed by atoms with van der Waals surface area (Å²) in [6.45, 7) is 1.18. The van der Waals surface area contributed by atoms with Crippen molar-refractivity contribution < 1.29 is 18.1 Å². The lowest BCUT2D eigenvalue weighted by molar-refractivity contribution is -0.384. The molecular formula is C11H9F3N4O2S. The van der Waals surface area contributed by atoms with E-state index in [0.717, 1.165) is 17.8 Å². The van der Waals surface area contributed by atoms with Gasteiger partial charge in [0.15, 0.2) is 11.4 Å². The van der Waals surface area contributed by atoms with Gasteiger partial charge in [0.2, 0.25) is 0 Å². The smallest absolute Gasteiger partial charge is 0.271 e. The van der Waals surface area contributed by atoms with E-state index in [4.69, 9.17) is 5.26 Å². The number of thioether (sulfide) groups is 1. The van der Waals surface area contributed by atoms with E-state index in [9.17, 15) is 23.3 Å². The third-order valence-electron chi connectivity index (χ3n) is 2.40. The number of nitrogens with zero attached hydrogens (tertiary/aromatic N) is 3. The number of aliphatic imine (C=N–C) groups is 1. The summed E-state index contributed by atoms with van der Waals surface area (Å²) in [5.41, 5.74) is -2.31. The number of halogens is 3. The molecule has 0 heterocycles. The molecule has 0 aliphatic carbocycles. The summed E-state index contributed by atoms with van der Waals surface area (Å²) >= 11 is 0.997. The molecule has 112 valence electrons. The molecule has 0 saturated heterocycles. The first-order valence-corrected chi connectivity index (χ1v) is 6.57. The van der Waals surface area contributed by atoms with Crippen molar-refractivity contribution >= 4 is 28.3 Å². The predicted octanol–water partition coefficient (Wildman–Crippen LogP) is 3.34. The van der Waals surface area contributed by atoms with Crippen LogP contribution in [0.1, 0.15) is 11.1 Å². The van der Waals surface area contributed by atoms with Gasteiger partial charge in [-0.2, -0.15) is 18.4 Å². The summed E-state index contributed by atoms with van der Waals surface area (Å²) in [5, 5.41) is 21.6. The summed E-state index contributed by atoms with van der Waals surface area (Å²) in [6.07, 6.45) is -1.54. The number of benzene rings is 1. The van der Waals surface area contributed by atoms with Gasteiger partial charge in [-0.25, -0.2) is 4.99 Å². The summed E-state index contributed by atoms with van der Waals surface area (Å²) in [5.74, 6) is 0. The number of alkyl halides is 3. The fourth-order valence-corrected chi connectivity index (χ4v) is 1.84. The van der Waals surface area contributed by atoms with E-state index in [2.05, 4.69) is 10.3 Å². The third-order valence-corrected chi connectivity index (χ3v) is 2.98. The zero-order chi connectivity index (χ0) is 16.2. The molecule has 1 aromatic carbocycles. The van der Waals surface area contributed by atoms with Crippen LogP contribution in [0.2, 0.25) is 0 Å². The molecule has 0 bridgehead atoms. The Bertz CT molecular complexity index is 638. The van der Waals surface area contributed by atoms with Gasteiger partial charge < -0.3 is 0 Å². The molecule has 0 amide bonds. The van der Waals surface area contributed by atoms with Gasteiger partial charge in [0, 0.05) is 6.07 Å². The Morgan fingerprint density at radius 1 is 1.52 bits per heavy atom. The van der Waals surface area contributed by atoms with E-state index in [1.54, 1.807) is 12.4 Å². The predicted molar refractivity (Wildman–Crippen MR) is 72.2 cm³/mol. The molecular weight excluding hydrogens is 309 g/mol. The normalized spacial score (nSPS) is 11.9. The maximum absolute atomic E-state index is 12.8. The SMILES string of the molecule is CSC(=Nc1cc(C)c(C(F)(F)F)cc1[N+](=O)[O-])NC#N. The summed E-state index contributed by atoms with van der Waals surface area (Å²) in [7, 11) is 0. The first-order valence-electron chi connectivity index (χ1n) is 5.34. The van der Waals surface area contributed by atoms with Crippen molar-refractivity contribution in [3.05, 3.63) is 33.4 Å². The molecule has 0 spiro atoms. The molecule has 1 rings (SSSR count). The van der Waals surface area contributed by atoms with Gasteiger partial charge in [0.05, 0.1) is 10.5 Å². The Hall–Kier alpha value is -2.28. The van der Waals surface area contributed by atoms with E-state index in [1.165, 1.54) is 6.92 Å². The molecule has 10 heteroatoms. The maximum atomic E-state index is 12.8. The van der Waals surface area contributed by atoms with Crippen LogP contribution >= 0.6 is 11.8 Å². The van der Waals surface area contributed by atoms with Crippen molar-refractivity contribution in [2.45, 2.75) is 13.1 Å². The molecule has 6 nitrogen and oxygen atoms in total. The van der Waals surface area contributed by atoms with Gasteiger partial charge >= 0.3 is 6.18 Å². The van der Waals surface area contributed by atoms with Crippen molar-refractivity contribution in [1.29, 1.82) is 5.26 Å². The quantitative estimate of drug-likeness (QED) is 0.225. The van der Waals surface area contributed by atoms with Crippen molar-refractivity contribution in [2.75, 3.05) is 6.26 Å². The van der Waals surface area contributed by atoms with Crippen LogP contribution in [0.3, 0.4) is 0 Å². The molecule has 1 aromatic rings. The minimum Gasteiger partial charge on any atom is -0.271 e. The lowest BCUT2D eigenvalue weighted by Crippen LogP contribution is -2.13. The van der Waals surface area contributed by atoms with E-state index in [-0.39, 0.29) is 16.4 Å². The van der Waals surface area contributed by atoms with E-state index < -0.39 is 22.4 Å². The molecule has 0 fully saturated rings. The van der Waals surface area contributed by atoms with Gasteiger partial charge in [-0.05, 0) is 24.8 Å². The number of rotatable bonds is 2.